The number of hydrogen-bond donors (Lipinski definition) is 1. The molecule has 0 heterocycles. The lowest BCUT2D eigenvalue weighted by Gasteiger charge is -2.32. The molecule has 0 aromatic heterocycles. The molecule has 10 heteroatoms. The van der Waals surface area contributed by atoms with Crippen LogP contribution in [0.1, 0.15) is 37.0 Å². The molecular formula is C29H33BrClN3O4S. The molecule has 3 aromatic carbocycles. The second kappa shape index (κ2) is 13.5. The van der Waals surface area contributed by atoms with Gasteiger partial charge in [0.2, 0.25) is 11.8 Å². The highest BCUT2D eigenvalue weighted by atomic mass is 79.9. The lowest BCUT2D eigenvalue weighted by atomic mass is 10.1. The normalized spacial score (nSPS) is 12.1. The fraction of sp³-hybridized carbons (Fsp3) is 0.310. The highest BCUT2D eigenvalue weighted by molar-refractivity contribution is 9.10. The third-order valence-electron chi connectivity index (χ3n) is 6.38. The number of benzene rings is 3. The Morgan fingerprint density at radius 3 is 2.26 bits per heavy atom. The first-order valence-corrected chi connectivity index (χ1v) is 15.2. The van der Waals surface area contributed by atoms with E-state index in [0.717, 1.165) is 26.3 Å². The summed E-state index contributed by atoms with van der Waals surface area (Å²) in [4.78, 5) is 28.3. The van der Waals surface area contributed by atoms with Crippen molar-refractivity contribution >= 4 is 55.1 Å². The third-order valence-corrected chi connectivity index (χ3v) is 9.09. The number of rotatable bonds is 11. The van der Waals surface area contributed by atoms with Crippen LogP contribution < -0.4 is 9.62 Å². The molecule has 0 fully saturated rings. The molecule has 0 saturated heterocycles. The number of anilines is 1. The van der Waals surface area contributed by atoms with Crippen LogP contribution in [0.15, 0.2) is 76.1 Å². The molecule has 39 heavy (non-hydrogen) atoms. The number of aryl methyl sites for hydroxylation is 1. The van der Waals surface area contributed by atoms with Gasteiger partial charge in [-0.3, -0.25) is 13.9 Å². The smallest absolute Gasteiger partial charge is 0.264 e. The van der Waals surface area contributed by atoms with Crippen LogP contribution in [0.25, 0.3) is 0 Å². The van der Waals surface area contributed by atoms with E-state index in [1.54, 1.807) is 44.2 Å². The van der Waals surface area contributed by atoms with Crippen LogP contribution in [0.2, 0.25) is 5.02 Å². The van der Waals surface area contributed by atoms with Gasteiger partial charge in [-0.05, 0) is 74.7 Å². The van der Waals surface area contributed by atoms with Crippen LogP contribution >= 0.6 is 27.5 Å². The van der Waals surface area contributed by atoms with E-state index in [1.807, 2.05) is 38.1 Å². The number of nitrogens with one attached hydrogen (secondary N) is 1. The number of nitrogens with zero attached hydrogens (tertiary/aromatic N) is 2. The lowest BCUT2D eigenvalue weighted by molar-refractivity contribution is -0.139. The summed E-state index contributed by atoms with van der Waals surface area (Å²) in [6.45, 7) is 7.24. The summed E-state index contributed by atoms with van der Waals surface area (Å²) in [5.74, 6) is -0.832. The van der Waals surface area contributed by atoms with Crippen LogP contribution in [0, 0.1) is 13.8 Å². The maximum absolute atomic E-state index is 13.9. The van der Waals surface area contributed by atoms with Crippen LogP contribution in [-0.4, -0.2) is 44.3 Å². The largest absolute Gasteiger partial charge is 0.354 e. The average Bonchev–Trinajstić information content (AvgIpc) is 2.91. The molecule has 0 saturated carbocycles. The average molecular weight is 635 g/mol. The SMILES string of the molecule is CCCNC(=O)[C@H](C)N(Cc1ccc(Br)cc1)C(=O)CN(c1cccc(Cl)c1C)S(=O)(=O)c1ccc(C)cc1. The van der Waals surface area contributed by atoms with Crippen LogP contribution in [0.5, 0.6) is 0 Å². The molecule has 3 rings (SSSR count). The van der Waals surface area contributed by atoms with Gasteiger partial charge in [0.1, 0.15) is 12.6 Å². The number of carbonyl (C=O) groups excluding carboxylic acids is 2. The summed E-state index contributed by atoms with van der Waals surface area (Å²) in [5, 5.41) is 3.21. The van der Waals surface area contributed by atoms with E-state index in [1.165, 1.54) is 17.0 Å². The Hall–Kier alpha value is -2.88. The van der Waals surface area contributed by atoms with Crippen molar-refractivity contribution in [3.8, 4) is 0 Å². The number of amides is 2. The van der Waals surface area contributed by atoms with Gasteiger partial charge in [0.05, 0.1) is 10.6 Å². The van der Waals surface area contributed by atoms with Crippen molar-refractivity contribution in [3.05, 3.63) is 92.9 Å². The molecule has 0 aliphatic heterocycles. The summed E-state index contributed by atoms with van der Waals surface area (Å²) in [6.07, 6.45) is 0.746. The van der Waals surface area contributed by atoms with Gasteiger partial charge < -0.3 is 10.2 Å². The predicted molar refractivity (Wildman–Crippen MR) is 159 cm³/mol. The van der Waals surface area contributed by atoms with Crippen molar-refractivity contribution in [1.29, 1.82) is 0 Å². The minimum Gasteiger partial charge on any atom is -0.354 e. The topological polar surface area (TPSA) is 86.8 Å². The molecule has 208 valence electrons. The van der Waals surface area contributed by atoms with Crippen molar-refractivity contribution in [2.24, 2.45) is 0 Å². The second-order valence-corrected chi connectivity index (χ2v) is 12.5. The summed E-state index contributed by atoms with van der Waals surface area (Å²) in [6, 6.07) is 17.9. The molecule has 0 aliphatic carbocycles. The first-order chi connectivity index (χ1) is 18.4. The number of halogens is 2. The maximum Gasteiger partial charge on any atom is 0.264 e. The van der Waals surface area contributed by atoms with Gasteiger partial charge in [-0.1, -0.05) is 70.3 Å². The van der Waals surface area contributed by atoms with E-state index in [-0.39, 0.29) is 17.3 Å². The standard InChI is InChI=1S/C29H33BrClN3O4S/c1-5-17-32-29(36)22(4)33(18-23-11-13-24(30)14-12-23)28(35)19-34(27-8-6-7-26(31)21(27)3)39(37,38)25-15-9-20(2)10-16-25/h6-16,22H,5,17-19H2,1-4H3,(H,32,36)/t22-/m0/s1. The monoisotopic (exact) mass is 633 g/mol. The lowest BCUT2D eigenvalue weighted by Crippen LogP contribution is -2.51. The van der Waals surface area contributed by atoms with Crippen LogP contribution in [-0.2, 0) is 26.2 Å². The minimum atomic E-state index is -4.16. The van der Waals surface area contributed by atoms with Gasteiger partial charge in [-0.15, -0.1) is 0 Å². The van der Waals surface area contributed by atoms with Gasteiger partial charge in [0.15, 0.2) is 0 Å². The van der Waals surface area contributed by atoms with Gasteiger partial charge in [-0.2, -0.15) is 0 Å². The fourth-order valence-corrected chi connectivity index (χ4v) is 5.89. The molecule has 2 amide bonds. The van der Waals surface area contributed by atoms with Crippen molar-refractivity contribution in [2.75, 3.05) is 17.4 Å². The van der Waals surface area contributed by atoms with Gasteiger partial charge in [0, 0.05) is 22.6 Å². The number of carbonyl (C=O) groups is 2. The first-order valence-electron chi connectivity index (χ1n) is 12.6. The summed E-state index contributed by atoms with van der Waals surface area (Å²) in [7, 11) is -4.16. The van der Waals surface area contributed by atoms with E-state index in [2.05, 4.69) is 21.2 Å². The molecule has 1 atom stereocenters. The van der Waals surface area contributed by atoms with Crippen molar-refractivity contribution in [1.82, 2.24) is 10.2 Å². The molecule has 0 aliphatic rings. The Morgan fingerprint density at radius 2 is 1.64 bits per heavy atom. The van der Waals surface area contributed by atoms with Gasteiger partial charge in [0.25, 0.3) is 10.0 Å². The van der Waals surface area contributed by atoms with Crippen molar-refractivity contribution in [2.45, 2.75) is 51.6 Å². The zero-order chi connectivity index (χ0) is 28.7. The molecule has 0 spiro atoms. The molecule has 1 N–H and O–H groups in total. The first kappa shape index (κ1) is 30.7. The Labute approximate surface area is 244 Å². The molecule has 0 unspecified atom stereocenters. The number of hydrogen-bond acceptors (Lipinski definition) is 4. The van der Waals surface area contributed by atoms with Gasteiger partial charge in [-0.25, -0.2) is 8.42 Å². The minimum absolute atomic E-state index is 0.0495. The Morgan fingerprint density at radius 1 is 1.00 bits per heavy atom. The second-order valence-electron chi connectivity index (χ2n) is 9.32. The Balaban J connectivity index is 2.05. The highest BCUT2D eigenvalue weighted by Gasteiger charge is 2.33. The highest BCUT2D eigenvalue weighted by Crippen LogP contribution is 2.31. The van der Waals surface area contributed by atoms with E-state index in [0.29, 0.717) is 22.8 Å². The summed E-state index contributed by atoms with van der Waals surface area (Å²) < 4.78 is 29.8. The Bertz CT molecular complexity index is 1410. The molecular weight excluding hydrogens is 602 g/mol. The molecule has 7 nitrogen and oxygen atoms in total. The maximum atomic E-state index is 13.9. The van der Waals surface area contributed by atoms with Crippen molar-refractivity contribution in [3.63, 3.8) is 0 Å². The van der Waals surface area contributed by atoms with Crippen LogP contribution in [0.3, 0.4) is 0 Å². The van der Waals surface area contributed by atoms with E-state index >= 15 is 0 Å². The van der Waals surface area contributed by atoms with E-state index in [4.69, 9.17) is 11.6 Å². The quantitative estimate of drug-likeness (QED) is 0.286. The molecule has 0 bridgehead atoms. The summed E-state index contributed by atoms with van der Waals surface area (Å²) >= 11 is 9.77. The number of sulfonamides is 1. The molecule has 0 radical (unpaired) electrons. The van der Waals surface area contributed by atoms with Crippen molar-refractivity contribution < 1.29 is 18.0 Å². The van der Waals surface area contributed by atoms with E-state index in [9.17, 15) is 18.0 Å². The molecule has 3 aromatic rings. The predicted octanol–water partition coefficient (Wildman–Crippen LogP) is 5.86. The zero-order valence-electron chi connectivity index (χ0n) is 22.4. The third kappa shape index (κ3) is 7.62. The van der Waals surface area contributed by atoms with Gasteiger partial charge >= 0.3 is 0 Å². The Kier molecular flexibility index (Phi) is 10.6. The summed E-state index contributed by atoms with van der Waals surface area (Å²) in [5.41, 5.74) is 2.52. The van der Waals surface area contributed by atoms with Crippen LogP contribution in [0.4, 0.5) is 5.69 Å². The fourth-order valence-electron chi connectivity index (χ4n) is 3.98. The van der Waals surface area contributed by atoms with E-state index < -0.39 is 28.5 Å². The zero-order valence-corrected chi connectivity index (χ0v) is 25.6.